The van der Waals surface area contributed by atoms with Crippen LogP contribution in [0.1, 0.15) is 142 Å². The van der Waals surface area contributed by atoms with Gasteiger partial charge in [-0.15, -0.1) is 0 Å². The van der Waals surface area contributed by atoms with Crippen molar-refractivity contribution in [1.82, 2.24) is 20.0 Å². The lowest BCUT2D eigenvalue weighted by molar-refractivity contribution is -0.185. The van der Waals surface area contributed by atoms with E-state index in [9.17, 15) is 69.3 Å². The molecule has 8 N–H and O–H groups in total. The molecule has 568 valence electrons. The molecule has 32 heteroatoms. The maximum atomic E-state index is 12.9. The first-order chi connectivity index (χ1) is 50.3. The Hall–Kier alpha value is -6.82. The van der Waals surface area contributed by atoms with Gasteiger partial charge in [-0.25, -0.2) is 14.4 Å². The van der Waals surface area contributed by atoms with Crippen molar-refractivity contribution in [3.05, 3.63) is 93.0 Å². The molecule has 8 aliphatic heterocycles. The van der Waals surface area contributed by atoms with E-state index in [0.29, 0.717) is 107 Å². The summed E-state index contributed by atoms with van der Waals surface area (Å²) in [5.41, 5.74) is -0.559. The minimum absolute atomic E-state index is 0. The minimum Gasteiger partial charge on any atom is -0.504 e. The van der Waals surface area contributed by atoms with Crippen LogP contribution in [0.5, 0.6) is 46.0 Å². The number of carbonyl (C=O) groups excluding carboxylic acids is 7. The van der Waals surface area contributed by atoms with Crippen LogP contribution < -0.4 is 29.0 Å². The lowest BCUT2D eigenvalue weighted by Crippen LogP contribution is -2.77. The molecule has 0 radical (unpaired) electrons. The van der Waals surface area contributed by atoms with Crippen LogP contribution in [-0.2, 0) is 134 Å². The molecule has 2 amide bonds. The first-order valence-electron chi connectivity index (χ1n) is 35.9. The number of hydrogen-bond acceptors (Lipinski definition) is 28. The third kappa shape index (κ3) is 10.0. The molecule has 16 aliphatic rings. The molecule has 8 heterocycles. The smallest absolute Gasteiger partial charge is 0.504 e. The minimum atomic E-state index is -1.35. The first-order valence-corrected chi connectivity index (χ1v) is 39.9. The van der Waals surface area contributed by atoms with Gasteiger partial charge in [0.05, 0.1) is 76.0 Å². The van der Waals surface area contributed by atoms with Crippen LogP contribution in [0.15, 0.2) is 48.5 Å². The number of amides is 2. The van der Waals surface area contributed by atoms with Gasteiger partial charge in [0.2, 0.25) is 0 Å². The molecule has 26 nitrogen and oxygen atoms in total. The van der Waals surface area contributed by atoms with Gasteiger partial charge in [-0.05, 0) is 164 Å². The molecular weight excluding hydrogens is 1490 g/mol. The summed E-state index contributed by atoms with van der Waals surface area (Å²) in [5.74, 6) is 1.75. The second kappa shape index (κ2) is 27.3. The number of likely N-dealkylation sites (tertiary alicyclic amines) is 3. The predicted molar refractivity (Wildman–Crippen MR) is 393 cm³/mol. The second-order valence-electron chi connectivity index (χ2n) is 30.2. The number of hydrogen-bond donors (Lipinski definition) is 8. The third-order valence-corrected chi connectivity index (χ3v) is 26.6. The van der Waals surface area contributed by atoms with Crippen LogP contribution in [-0.4, -0.2) is 216 Å². The van der Waals surface area contributed by atoms with Crippen LogP contribution >= 0.6 is 13.5 Å². The van der Waals surface area contributed by atoms with Gasteiger partial charge in [0.1, 0.15) is 0 Å². The highest BCUT2D eigenvalue weighted by atomic mass is 33.1. The Bertz CT molecular complexity index is 4430. The summed E-state index contributed by atoms with van der Waals surface area (Å²) in [5, 5.41) is 81.0. The van der Waals surface area contributed by atoms with Crippen LogP contribution in [0.25, 0.3) is 0 Å². The molecule has 8 aliphatic carbocycles. The molecule has 8 bridgehead atoms. The Morgan fingerprint density at radius 1 is 0.491 bits per heavy atom. The Morgan fingerprint density at radius 2 is 0.830 bits per heavy atom. The molecule has 8 unspecified atom stereocenters. The van der Waals surface area contributed by atoms with Crippen LogP contribution in [0.4, 0.5) is 14.4 Å². The van der Waals surface area contributed by atoms with E-state index < -0.39 is 98.9 Å². The molecule has 20 rings (SSSR count). The summed E-state index contributed by atoms with van der Waals surface area (Å²) in [7, 11) is 2.96. The number of aliphatic hydroxyl groups is 4. The number of nitrogens with one attached hydrogen (secondary N) is 1. The number of benzene rings is 4. The number of aromatic hydroxyl groups is 3. The van der Waals surface area contributed by atoms with Gasteiger partial charge in [0, 0.05) is 127 Å². The van der Waals surface area contributed by atoms with Crippen molar-refractivity contribution in [2.45, 2.75) is 216 Å². The van der Waals surface area contributed by atoms with Gasteiger partial charge in [0.15, 0.2) is 93.5 Å². The predicted octanol–water partition coefficient (Wildman–Crippen LogP) is 4.62. The average Bonchev–Trinajstić information content (AvgIpc) is 1.46. The van der Waals surface area contributed by atoms with E-state index in [0.717, 1.165) is 72.9 Å². The number of phenolic OH excluding ortho intramolecular Hbond substituents is 3. The fourth-order valence-electron chi connectivity index (χ4n) is 22.6. The van der Waals surface area contributed by atoms with Gasteiger partial charge < -0.3 is 93.7 Å². The standard InChI is InChI=1S/C22H25NO8.C19H21NO6.C17H19NO4.C16H17NO4.S3.S2.H2S/c1-3-28-19(25)23-10-9-21-16-12-5-6-14(30-20(26)29-4-2)17(16)31-18(21)13(24)7-8-22(21,27)15(23)11-12;1-2-25-17(23)20-8-7-18-14-10-3-4-11(21)15(14)26-16(18)12(22)5-6-19(18,24)13(20)9-10;1-18-7-6-16-13-9-2-3-10(19)14(13)22-15(16)11(20)4-5-17(16,21)12(18)8-9;18-9-2-1-8-7-11-16(20)4-3-10(19)14-15(16,5-6-17-11)12(8)13(9)21-14;1-3-2;1-2;/h5-6,15,18,27H,3-4,7-11H2,1-2H3;3-4,13,16,21,24H,2,5-9H2,1H3;2-3,12,15,19,21H,4-8H2,1H3;1-2,11,14,17-18,20H,3-7H2;;;1H2/t15?,18-,21-,22?;13?,16-,18-,19?;12?,15-,16-,17?;11?,14-,15-,16?;;;/m0000.../s1. The van der Waals surface area contributed by atoms with E-state index >= 15 is 0 Å². The number of Topliss-reactive ketones (excluding diaryl/α,β-unsaturated/α-hetero) is 4. The number of ketones is 4. The van der Waals surface area contributed by atoms with Gasteiger partial charge in [0.25, 0.3) is 0 Å². The Kier molecular flexibility index (Phi) is 19.6. The number of nitrogens with zero attached hydrogens (tertiary/aromatic N) is 3. The number of piperidine rings is 4. The SMILES string of the molecule is CCOC(=O)N1CC[C@]23c4c5ccc(O)c4O[C@H]2C(=O)CCC3(O)C1C5.CCOC(=O)Oc1ccc2c3c1O[C@H]1C(=O)CCC4(O)C(C2)N(C(=O)OCC)CC[C@]314.CN1CC[C@]23c4c5ccc(O)c4O[C@H]2C(=O)CCC3(O)C1C5.O=C1CCC2(O)C3Cc4ccc(O)c5c4[C@@]2(CCN3)[C@H]1O5.S.S=S.S=S=S. The maximum absolute atomic E-state index is 12.9. The van der Waals surface area contributed by atoms with Crippen molar-refractivity contribution in [2.24, 2.45) is 0 Å². The van der Waals surface area contributed by atoms with Gasteiger partial charge in [-0.1, -0.05) is 24.3 Å². The molecule has 4 spiro atoms. The number of carbonyl (C=O) groups is 7. The van der Waals surface area contributed by atoms with E-state index in [2.05, 4.69) is 55.0 Å². The van der Waals surface area contributed by atoms with Gasteiger partial charge >= 0.3 is 18.3 Å². The fraction of sp³-hybridized carbons (Fsp3) is 0.581. The molecular formula is C74H84N4O22S6. The summed E-state index contributed by atoms with van der Waals surface area (Å²) in [4.78, 5) is 93.1. The van der Waals surface area contributed by atoms with Gasteiger partial charge in [-0.2, -0.15) is 13.5 Å². The Balaban J connectivity index is 0.000000117. The average molecular weight is 1570 g/mol. The number of ether oxygens (including phenoxy) is 8. The summed E-state index contributed by atoms with van der Waals surface area (Å²) >= 11 is 15.6. The molecule has 4 saturated carbocycles. The Labute approximate surface area is 640 Å². The summed E-state index contributed by atoms with van der Waals surface area (Å²) in [6, 6.07) is 12.8. The lowest BCUT2D eigenvalue weighted by Gasteiger charge is -2.61. The van der Waals surface area contributed by atoms with E-state index in [1.165, 1.54) is 0 Å². The normalized spacial score (nSPS) is 35.6. The monoisotopic (exact) mass is 1570 g/mol. The van der Waals surface area contributed by atoms with Crippen molar-refractivity contribution in [2.75, 3.05) is 53.0 Å². The Morgan fingerprint density at radius 3 is 1.25 bits per heavy atom. The zero-order chi connectivity index (χ0) is 74.6. The summed E-state index contributed by atoms with van der Waals surface area (Å²) in [6.45, 7) is 8.14. The highest BCUT2D eigenvalue weighted by Gasteiger charge is 2.78. The first kappa shape index (κ1) is 76.0. The number of rotatable bonds is 4. The van der Waals surface area contributed by atoms with Crippen LogP contribution in [0, 0.1) is 0 Å². The molecule has 16 atom stereocenters. The van der Waals surface area contributed by atoms with Crippen molar-refractivity contribution in [3.8, 4) is 46.0 Å². The highest BCUT2D eigenvalue weighted by molar-refractivity contribution is 8.37. The van der Waals surface area contributed by atoms with E-state index in [-0.39, 0.29) is 117 Å². The largest absolute Gasteiger partial charge is 0.513 e. The van der Waals surface area contributed by atoms with Crippen LogP contribution in [0.3, 0.4) is 0 Å². The topological polar surface area (TPSA) is 357 Å². The molecule has 8 fully saturated rings. The van der Waals surface area contributed by atoms with E-state index in [1.54, 1.807) is 60.9 Å². The van der Waals surface area contributed by atoms with Crippen molar-refractivity contribution >= 4 is 109 Å². The highest BCUT2D eigenvalue weighted by Crippen LogP contribution is 2.69. The zero-order valence-electron chi connectivity index (χ0n) is 58.6. The number of likely N-dealkylation sites (N-methyl/N-ethyl adjacent to an activating group) is 1. The second-order valence-corrected chi connectivity index (χ2v) is 32.0. The molecule has 4 aromatic carbocycles. The van der Waals surface area contributed by atoms with Crippen molar-refractivity contribution < 1.29 is 107 Å². The van der Waals surface area contributed by atoms with Crippen LogP contribution in [0.2, 0.25) is 0 Å². The van der Waals surface area contributed by atoms with Crippen molar-refractivity contribution in [1.29, 1.82) is 0 Å². The quantitative estimate of drug-likeness (QED) is 0.0785. The maximum Gasteiger partial charge on any atom is 0.513 e. The van der Waals surface area contributed by atoms with Gasteiger partial charge in [-0.3, -0.25) is 19.2 Å². The van der Waals surface area contributed by atoms with Crippen molar-refractivity contribution in [3.63, 3.8) is 0 Å². The number of phenols is 3. The fourth-order valence-corrected chi connectivity index (χ4v) is 22.6. The van der Waals surface area contributed by atoms with E-state index in [1.807, 2.05) is 25.2 Å². The molecule has 4 saturated heterocycles. The summed E-state index contributed by atoms with van der Waals surface area (Å²) in [6.07, 6.45) is 2.12. The van der Waals surface area contributed by atoms with E-state index in [4.69, 9.17) is 37.9 Å². The third-order valence-electron chi connectivity index (χ3n) is 26.6. The molecule has 4 aromatic rings. The molecule has 0 aromatic heterocycles. The molecule has 106 heavy (non-hydrogen) atoms. The zero-order valence-corrected chi connectivity index (χ0v) is 63.7. The lowest BCUT2D eigenvalue weighted by atomic mass is 9.49. The summed E-state index contributed by atoms with van der Waals surface area (Å²) < 4.78 is 44.6.